The Kier molecular flexibility index (Phi) is 9.39. The van der Waals surface area contributed by atoms with E-state index in [9.17, 15) is 0 Å². The Morgan fingerprint density at radius 2 is 0.647 bits per heavy atom. The van der Waals surface area contributed by atoms with Crippen molar-refractivity contribution in [2.45, 2.75) is 6.18 Å². The second-order valence-corrected chi connectivity index (χ2v) is 15.9. The van der Waals surface area contributed by atoms with E-state index in [1.807, 2.05) is 77.4 Å². The van der Waals surface area contributed by atoms with Crippen LogP contribution in [0.1, 0.15) is 5.56 Å². The average Bonchev–Trinajstić information content (AvgIpc) is 3.87. The number of hydrogen-bond acceptors (Lipinski definition) is 8. The van der Waals surface area contributed by atoms with Gasteiger partial charge in [0.25, 0.3) is 0 Å². The van der Waals surface area contributed by atoms with E-state index in [0.29, 0.717) is 84.5 Å². The summed E-state index contributed by atoms with van der Waals surface area (Å²) in [5.74, 6) is -0.437. The van der Waals surface area contributed by atoms with E-state index in [2.05, 4.69) is 39.9 Å². The van der Waals surface area contributed by atoms with Gasteiger partial charge in [-0.25, -0.2) is 48.7 Å². The van der Waals surface area contributed by atoms with E-state index in [1.54, 1.807) is 78.4 Å². The molecule has 15 heteroatoms. The molecule has 0 amide bonds. The molecule has 0 unspecified atom stereocenters. The van der Waals surface area contributed by atoms with Crippen LogP contribution in [0.3, 0.4) is 0 Å². The molecule has 12 rings (SSSR count). The highest BCUT2D eigenvalue weighted by molar-refractivity contribution is 6.13. The molecule has 0 aliphatic carbocycles. The van der Waals surface area contributed by atoms with Crippen LogP contribution in [0.4, 0.5) is 22.0 Å². The van der Waals surface area contributed by atoms with Gasteiger partial charge in [0.2, 0.25) is 0 Å². The minimum Gasteiger partial charge on any atom is -0.307 e. The van der Waals surface area contributed by atoms with Crippen molar-refractivity contribution < 1.29 is 22.0 Å². The summed E-state index contributed by atoms with van der Waals surface area (Å²) >= 11 is 0. The summed E-state index contributed by atoms with van der Waals surface area (Å²) in [6.45, 7) is 0. The van der Waals surface area contributed by atoms with Crippen LogP contribution in [0.5, 0.6) is 0 Å². The highest BCUT2D eigenvalue weighted by atomic mass is 19.4. The summed E-state index contributed by atoms with van der Waals surface area (Å²) in [6, 6.07) is 34.2. The van der Waals surface area contributed by atoms with Crippen molar-refractivity contribution in [2.75, 3.05) is 0 Å². The molecule has 0 atom stereocenters. The number of halogens is 5. The first-order chi connectivity index (χ1) is 33.2. The van der Waals surface area contributed by atoms with Crippen molar-refractivity contribution >= 4 is 43.6 Å². The van der Waals surface area contributed by atoms with Crippen LogP contribution in [0.25, 0.3) is 112 Å². The maximum atomic E-state index is 16.0. The van der Waals surface area contributed by atoms with Gasteiger partial charge in [-0.2, -0.15) is 13.2 Å². The summed E-state index contributed by atoms with van der Waals surface area (Å²) in [5.41, 5.74) is 3.09. The summed E-state index contributed by atoms with van der Waals surface area (Å²) in [7, 11) is 0. The minimum absolute atomic E-state index is 0.0803. The zero-order chi connectivity index (χ0) is 46.1. The smallest absolute Gasteiger partial charge is 0.307 e. The Morgan fingerprint density at radius 3 is 0.956 bits per heavy atom. The molecule has 0 spiro atoms. The molecule has 0 aliphatic heterocycles. The quantitative estimate of drug-likeness (QED) is 0.145. The maximum Gasteiger partial charge on any atom is 0.417 e. The van der Waals surface area contributed by atoms with Crippen molar-refractivity contribution in [3.63, 3.8) is 0 Å². The highest BCUT2D eigenvalue weighted by Crippen LogP contribution is 2.46. The van der Waals surface area contributed by atoms with E-state index in [0.717, 1.165) is 29.0 Å². The molecular weight excluding hydrogens is 872 g/mol. The average molecular weight is 901 g/mol. The molecule has 6 aromatic carbocycles. The van der Waals surface area contributed by atoms with Gasteiger partial charge >= 0.3 is 6.18 Å². The molecule has 10 nitrogen and oxygen atoms in total. The SMILES string of the molecule is Fc1cc(F)cc(-c2cc(-n3c4cc(-c5ncccn5)ccc4c4ccc(-c5ncccn5)cc43)c(-n3c4cc(-c5ncccn5)ccc4c4ccc(-c5ncccn5)cc43)cc2C(F)(F)F)c1. The lowest BCUT2D eigenvalue weighted by atomic mass is 9.96. The zero-order valence-corrected chi connectivity index (χ0v) is 35.1. The fourth-order valence-electron chi connectivity index (χ4n) is 9.02. The third kappa shape index (κ3) is 6.87. The van der Waals surface area contributed by atoms with E-state index >= 15 is 22.0 Å². The van der Waals surface area contributed by atoms with Gasteiger partial charge in [-0.1, -0.05) is 48.5 Å². The van der Waals surface area contributed by atoms with Gasteiger partial charge in [0.1, 0.15) is 11.6 Å². The molecule has 0 N–H and O–H groups in total. The Bertz CT molecular complexity index is 3700. The van der Waals surface area contributed by atoms with Crippen LogP contribution < -0.4 is 0 Å². The monoisotopic (exact) mass is 900 g/mol. The van der Waals surface area contributed by atoms with Gasteiger partial charge in [-0.05, 0) is 83.9 Å². The van der Waals surface area contributed by atoms with E-state index in [1.165, 1.54) is 6.07 Å². The molecule has 0 fully saturated rings. The molecule has 0 radical (unpaired) electrons. The predicted octanol–water partition coefficient (Wildman–Crippen LogP) is 12.7. The highest BCUT2D eigenvalue weighted by Gasteiger charge is 2.36. The van der Waals surface area contributed by atoms with Gasteiger partial charge < -0.3 is 9.13 Å². The fourth-order valence-corrected chi connectivity index (χ4v) is 9.02. The van der Waals surface area contributed by atoms with Crippen molar-refractivity contribution in [1.82, 2.24) is 49.0 Å². The second-order valence-electron chi connectivity index (χ2n) is 15.9. The van der Waals surface area contributed by atoms with Gasteiger partial charge in [-0.15, -0.1) is 0 Å². The molecule has 0 bridgehead atoms. The van der Waals surface area contributed by atoms with Gasteiger partial charge in [0.05, 0.1) is 39.0 Å². The maximum absolute atomic E-state index is 16.0. The third-order valence-electron chi connectivity index (χ3n) is 11.9. The number of nitrogens with zero attached hydrogens (tertiary/aromatic N) is 10. The molecule has 12 aromatic rings. The van der Waals surface area contributed by atoms with Gasteiger partial charge in [0, 0.05) is 99.4 Å². The summed E-state index contributed by atoms with van der Waals surface area (Å²) in [6.07, 6.45) is 7.92. The van der Waals surface area contributed by atoms with E-state index in [-0.39, 0.29) is 16.9 Å². The number of benzene rings is 6. The largest absolute Gasteiger partial charge is 0.417 e. The van der Waals surface area contributed by atoms with Crippen LogP contribution in [0, 0.1) is 11.6 Å². The number of rotatable bonds is 7. The minimum atomic E-state index is -5.02. The van der Waals surface area contributed by atoms with Crippen LogP contribution in [0.2, 0.25) is 0 Å². The fraction of sp³-hybridized carbons (Fsp3) is 0.0189. The predicted molar refractivity (Wildman–Crippen MR) is 250 cm³/mol. The topological polar surface area (TPSA) is 113 Å². The zero-order valence-electron chi connectivity index (χ0n) is 35.1. The van der Waals surface area contributed by atoms with Crippen molar-refractivity contribution in [1.29, 1.82) is 0 Å². The van der Waals surface area contributed by atoms with Gasteiger partial charge in [0.15, 0.2) is 23.3 Å². The Labute approximate surface area is 381 Å². The van der Waals surface area contributed by atoms with Crippen molar-refractivity contribution in [3.8, 4) is 68.1 Å². The molecule has 6 heterocycles. The van der Waals surface area contributed by atoms with Crippen LogP contribution >= 0.6 is 0 Å². The Balaban J connectivity index is 1.28. The molecule has 0 saturated carbocycles. The Hall–Kier alpha value is -9.11. The summed E-state index contributed by atoms with van der Waals surface area (Å²) in [5, 5.41) is 2.92. The molecule has 326 valence electrons. The molecule has 6 aromatic heterocycles. The first-order valence-electron chi connectivity index (χ1n) is 21.1. The standard InChI is InChI=1S/C53H29F5N10/c54-35-21-34(22-36(55)27-35)41-28-47(67-43-23-30(49-59-13-1-14-60-49)5-9-37(43)38-10-6-31(24-44(38)67)50-61-15-2-16-62-50)48(29-42(41)53(56,57)58)68-45-25-32(51-63-17-3-18-64-51)7-11-39(45)40-12-8-33(26-46(40)68)52-65-19-4-20-66-52/h1-29H. The third-order valence-corrected chi connectivity index (χ3v) is 11.9. The number of fused-ring (bicyclic) bond motifs is 6. The molecule has 0 saturated heterocycles. The molecule has 68 heavy (non-hydrogen) atoms. The Morgan fingerprint density at radius 1 is 0.338 bits per heavy atom. The molecule has 0 aliphatic rings. The lowest BCUT2D eigenvalue weighted by molar-refractivity contribution is -0.137. The van der Waals surface area contributed by atoms with Crippen LogP contribution in [-0.4, -0.2) is 49.0 Å². The first kappa shape index (κ1) is 40.4. The normalized spacial score (nSPS) is 11.9. The lowest BCUT2D eigenvalue weighted by Gasteiger charge is -2.22. The molecular formula is C53H29F5N10. The van der Waals surface area contributed by atoms with E-state index in [4.69, 9.17) is 0 Å². The number of aromatic nitrogens is 10. The second kappa shape index (κ2) is 15.8. The van der Waals surface area contributed by atoms with Crippen LogP contribution in [0.15, 0.2) is 177 Å². The first-order valence-corrected chi connectivity index (χ1v) is 21.1. The number of alkyl halides is 3. The lowest BCUT2D eigenvalue weighted by Crippen LogP contribution is -2.12. The van der Waals surface area contributed by atoms with Crippen molar-refractivity contribution in [3.05, 3.63) is 194 Å². The summed E-state index contributed by atoms with van der Waals surface area (Å²) < 4.78 is 81.8. The van der Waals surface area contributed by atoms with Gasteiger partial charge in [-0.3, -0.25) is 0 Å². The summed E-state index contributed by atoms with van der Waals surface area (Å²) in [4.78, 5) is 36.0. The van der Waals surface area contributed by atoms with Crippen LogP contribution in [-0.2, 0) is 6.18 Å². The number of hydrogen-bond donors (Lipinski definition) is 0. The van der Waals surface area contributed by atoms with Crippen molar-refractivity contribution in [2.24, 2.45) is 0 Å². The van der Waals surface area contributed by atoms with E-state index < -0.39 is 28.9 Å².